The largest absolute Gasteiger partial charge is 0.480 e. The Balaban J connectivity index is 4.41. The van der Waals surface area contributed by atoms with Crippen molar-refractivity contribution in [3.8, 4) is 0 Å². The number of hydrogen-bond acceptors (Lipinski definition) is 2. The van der Waals surface area contributed by atoms with Crippen LogP contribution in [0.5, 0.6) is 0 Å². The van der Waals surface area contributed by atoms with Gasteiger partial charge in [-0.3, -0.25) is 0 Å². The van der Waals surface area contributed by atoms with Crippen LogP contribution in [-0.4, -0.2) is 53.6 Å². The summed E-state index contributed by atoms with van der Waals surface area (Å²) >= 11 is 0. The molecule has 0 aliphatic heterocycles. The van der Waals surface area contributed by atoms with E-state index in [1.165, 1.54) is 11.9 Å². The number of carbonyl (C=O) groups excluding carboxylic acids is 1. The lowest BCUT2D eigenvalue weighted by Crippen LogP contribution is -2.47. The standard InChI is InChI=1S/C12H24N2O3/c1-6-10(11(15)16)14(5)12(17)13(4)8-7-9(2)3/h9-10H,6-8H2,1-5H3,(H,15,16). The number of aliphatic carboxylic acids is 1. The van der Waals surface area contributed by atoms with E-state index in [0.29, 0.717) is 18.9 Å². The van der Waals surface area contributed by atoms with Gasteiger partial charge in [-0.25, -0.2) is 9.59 Å². The highest BCUT2D eigenvalue weighted by Crippen LogP contribution is 2.07. The van der Waals surface area contributed by atoms with Crippen molar-refractivity contribution in [2.75, 3.05) is 20.6 Å². The molecule has 0 aliphatic rings. The molecule has 100 valence electrons. The summed E-state index contributed by atoms with van der Waals surface area (Å²) in [7, 11) is 3.24. The molecule has 0 aromatic heterocycles. The normalized spacial score (nSPS) is 12.4. The highest BCUT2D eigenvalue weighted by Gasteiger charge is 2.26. The average Bonchev–Trinajstić information content (AvgIpc) is 2.24. The fourth-order valence-corrected chi connectivity index (χ4v) is 1.56. The van der Waals surface area contributed by atoms with Crippen molar-refractivity contribution in [3.05, 3.63) is 0 Å². The maximum Gasteiger partial charge on any atom is 0.326 e. The zero-order valence-electron chi connectivity index (χ0n) is 11.4. The van der Waals surface area contributed by atoms with Gasteiger partial charge in [-0.05, 0) is 18.8 Å². The Bertz CT molecular complexity index is 266. The smallest absolute Gasteiger partial charge is 0.326 e. The van der Waals surface area contributed by atoms with Crippen LogP contribution in [0.2, 0.25) is 0 Å². The molecule has 2 amide bonds. The summed E-state index contributed by atoms with van der Waals surface area (Å²) in [6.07, 6.45) is 1.33. The maximum atomic E-state index is 11.9. The lowest BCUT2D eigenvalue weighted by atomic mass is 10.1. The number of carboxylic acids is 1. The van der Waals surface area contributed by atoms with Gasteiger partial charge >= 0.3 is 12.0 Å². The second-order valence-electron chi connectivity index (χ2n) is 4.76. The zero-order chi connectivity index (χ0) is 13.6. The predicted molar refractivity (Wildman–Crippen MR) is 67.0 cm³/mol. The number of amides is 2. The van der Waals surface area contributed by atoms with Crippen molar-refractivity contribution in [2.45, 2.75) is 39.7 Å². The number of hydrogen-bond donors (Lipinski definition) is 1. The van der Waals surface area contributed by atoms with Crippen LogP contribution in [-0.2, 0) is 4.79 Å². The van der Waals surface area contributed by atoms with E-state index in [2.05, 4.69) is 13.8 Å². The minimum atomic E-state index is -0.958. The molecule has 5 nitrogen and oxygen atoms in total. The van der Waals surface area contributed by atoms with E-state index in [1.54, 1.807) is 18.9 Å². The van der Waals surface area contributed by atoms with Gasteiger partial charge in [0.2, 0.25) is 0 Å². The first-order chi connectivity index (χ1) is 7.81. The van der Waals surface area contributed by atoms with Gasteiger partial charge in [0.05, 0.1) is 0 Å². The summed E-state index contributed by atoms with van der Waals surface area (Å²) in [5.74, 6) is -0.433. The number of urea groups is 1. The van der Waals surface area contributed by atoms with Crippen molar-refractivity contribution in [1.29, 1.82) is 0 Å². The molecule has 17 heavy (non-hydrogen) atoms. The molecule has 1 N–H and O–H groups in total. The van der Waals surface area contributed by atoms with Gasteiger partial charge in [0.1, 0.15) is 6.04 Å². The van der Waals surface area contributed by atoms with Gasteiger partial charge in [0.15, 0.2) is 0 Å². The molecular formula is C12H24N2O3. The summed E-state index contributed by atoms with van der Waals surface area (Å²) in [6.45, 7) is 6.59. The van der Waals surface area contributed by atoms with Gasteiger partial charge in [0, 0.05) is 20.6 Å². The Morgan fingerprint density at radius 2 is 1.76 bits per heavy atom. The van der Waals surface area contributed by atoms with Crippen molar-refractivity contribution >= 4 is 12.0 Å². The van der Waals surface area contributed by atoms with Crippen LogP contribution >= 0.6 is 0 Å². The number of likely N-dealkylation sites (N-methyl/N-ethyl adjacent to an activating group) is 1. The Morgan fingerprint density at radius 1 is 1.24 bits per heavy atom. The topological polar surface area (TPSA) is 60.9 Å². The fraction of sp³-hybridized carbons (Fsp3) is 0.833. The van der Waals surface area contributed by atoms with Crippen LogP contribution in [0.15, 0.2) is 0 Å². The molecule has 5 heteroatoms. The zero-order valence-corrected chi connectivity index (χ0v) is 11.4. The highest BCUT2D eigenvalue weighted by molar-refractivity contribution is 5.82. The Morgan fingerprint density at radius 3 is 2.12 bits per heavy atom. The van der Waals surface area contributed by atoms with Gasteiger partial charge in [-0.2, -0.15) is 0 Å². The highest BCUT2D eigenvalue weighted by atomic mass is 16.4. The fourth-order valence-electron chi connectivity index (χ4n) is 1.56. The van der Waals surface area contributed by atoms with Crippen molar-refractivity contribution in [2.24, 2.45) is 5.92 Å². The van der Waals surface area contributed by atoms with E-state index in [1.807, 2.05) is 0 Å². The molecule has 0 aromatic rings. The van der Waals surface area contributed by atoms with Crippen molar-refractivity contribution in [1.82, 2.24) is 9.80 Å². The monoisotopic (exact) mass is 244 g/mol. The first-order valence-corrected chi connectivity index (χ1v) is 6.01. The Hall–Kier alpha value is -1.26. The maximum absolute atomic E-state index is 11.9. The van der Waals surface area contributed by atoms with Crippen LogP contribution in [0.1, 0.15) is 33.6 Å². The molecule has 0 rings (SSSR count). The summed E-state index contributed by atoms with van der Waals surface area (Å²) in [5.41, 5.74) is 0. The van der Waals surface area contributed by atoms with E-state index in [4.69, 9.17) is 5.11 Å². The van der Waals surface area contributed by atoms with Crippen LogP contribution in [0.3, 0.4) is 0 Å². The summed E-state index contributed by atoms with van der Waals surface area (Å²) in [5, 5.41) is 8.98. The second-order valence-corrected chi connectivity index (χ2v) is 4.76. The van der Waals surface area contributed by atoms with Crippen LogP contribution in [0, 0.1) is 5.92 Å². The SMILES string of the molecule is CCC(C(=O)O)N(C)C(=O)N(C)CCC(C)C. The minimum Gasteiger partial charge on any atom is -0.480 e. The van der Waals surface area contributed by atoms with Crippen LogP contribution < -0.4 is 0 Å². The van der Waals surface area contributed by atoms with E-state index in [-0.39, 0.29) is 6.03 Å². The van der Waals surface area contributed by atoms with Gasteiger partial charge in [-0.1, -0.05) is 20.8 Å². The van der Waals surface area contributed by atoms with Crippen molar-refractivity contribution < 1.29 is 14.7 Å². The number of nitrogens with zero attached hydrogens (tertiary/aromatic N) is 2. The lowest BCUT2D eigenvalue weighted by Gasteiger charge is -2.29. The number of carboxylic acid groups (broad SMARTS) is 1. The summed E-state index contributed by atoms with van der Waals surface area (Å²) in [6, 6.07) is -0.982. The molecule has 0 heterocycles. The van der Waals surface area contributed by atoms with Gasteiger partial charge < -0.3 is 14.9 Å². The molecule has 1 atom stereocenters. The minimum absolute atomic E-state index is 0.236. The Labute approximate surface area is 103 Å². The number of rotatable bonds is 6. The summed E-state index contributed by atoms with van der Waals surface area (Å²) < 4.78 is 0. The molecular weight excluding hydrogens is 220 g/mol. The van der Waals surface area contributed by atoms with Crippen molar-refractivity contribution in [3.63, 3.8) is 0 Å². The average molecular weight is 244 g/mol. The third kappa shape index (κ3) is 5.06. The first kappa shape index (κ1) is 15.7. The lowest BCUT2D eigenvalue weighted by molar-refractivity contribution is -0.142. The van der Waals surface area contributed by atoms with E-state index < -0.39 is 12.0 Å². The van der Waals surface area contributed by atoms with Gasteiger partial charge in [0.25, 0.3) is 0 Å². The Kier molecular flexibility index (Phi) is 6.61. The van der Waals surface area contributed by atoms with Crippen LogP contribution in [0.25, 0.3) is 0 Å². The second kappa shape index (κ2) is 7.14. The van der Waals surface area contributed by atoms with Crippen LogP contribution in [0.4, 0.5) is 4.79 Å². The quantitative estimate of drug-likeness (QED) is 0.776. The van der Waals surface area contributed by atoms with Gasteiger partial charge in [-0.15, -0.1) is 0 Å². The molecule has 0 aromatic carbocycles. The first-order valence-electron chi connectivity index (χ1n) is 6.01. The van der Waals surface area contributed by atoms with E-state index >= 15 is 0 Å². The molecule has 0 fully saturated rings. The third-order valence-corrected chi connectivity index (χ3v) is 2.81. The molecule has 0 saturated heterocycles. The summed E-state index contributed by atoms with van der Waals surface area (Å²) in [4.78, 5) is 25.8. The molecule has 0 bridgehead atoms. The predicted octanol–water partition coefficient (Wildman–Crippen LogP) is 1.88. The molecule has 0 saturated carbocycles. The molecule has 0 radical (unpaired) electrons. The van der Waals surface area contributed by atoms with E-state index in [9.17, 15) is 9.59 Å². The molecule has 0 spiro atoms. The molecule has 0 aliphatic carbocycles. The van der Waals surface area contributed by atoms with E-state index in [0.717, 1.165) is 6.42 Å². The number of carbonyl (C=O) groups is 2. The third-order valence-electron chi connectivity index (χ3n) is 2.81. The molecule has 1 unspecified atom stereocenters.